The standard InChI is InChI=1S/C18H24FNO5/c1-24-12-18(17(22)23)9-4-10-20(11-18)15(21)8-7-13-5-3-6-14(25-2)16(13)19/h3,5-6H,4,7-12H2,1-2H3,(H,22,23). The van der Waals surface area contributed by atoms with Crippen LogP contribution < -0.4 is 4.74 Å². The zero-order valence-electron chi connectivity index (χ0n) is 14.6. The van der Waals surface area contributed by atoms with Crippen LogP contribution in [-0.2, 0) is 20.7 Å². The molecule has 1 amide bonds. The highest BCUT2D eigenvalue weighted by molar-refractivity contribution is 5.80. The largest absolute Gasteiger partial charge is 0.494 e. The predicted molar refractivity (Wildman–Crippen MR) is 89.0 cm³/mol. The van der Waals surface area contributed by atoms with Gasteiger partial charge in [-0.15, -0.1) is 0 Å². The lowest BCUT2D eigenvalue weighted by Gasteiger charge is -2.39. The molecule has 1 unspecified atom stereocenters. The summed E-state index contributed by atoms with van der Waals surface area (Å²) in [5.74, 6) is -1.45. The van der Waals surface area contributed by atoms with E-state index in [4.69, 9.17) is 9.47 Å². The molecule has 0 aliphatic carbocycles. The average Bonchev–Trinajstić information content (AvgIpc) is 2.61. The van der Waals surface area contributed by atoms with Gasteiger partial charge in [-0.25, -0.2) is 4.39 Å². The van der Waals surface area contributed by atoms with Gasteiger partial charge in [-0.3, -0.25) is 9.59 Å². The van der Waals surface area contributed by atoms with Crippen LogP contribution in [-0.4, -0.2) is 55.8 Å². The van der Waals surface area contributed by atoms with Crippen LogP contribution >= 0.6 is 0 Å². The van der Waals surface area contributed by atoms with Crippen molar-refractivity contribution < 1.29 is 28.6 Å². The summed E-state index contributed by atoms with van der Waals surface area (Å²) in [6.07, 6.45) is 1.44. The van der Waals surface area contributed by atoms with Crippen LogP contribution in [0, 0.1) is 11.2 Å². The number of carbonyl (C=O) groups excluding carboxylic acids is 1. The van der Waals surface area contributed by atoms with Gasteiger partial charge in [0.2, 0.25) is 5.91 Å². The monoisotopic (exact) mass is 353 g/mol. The number of carboxylic acids is 1. The van der Waals surface area contributed by atoms with E-state index >= 15 is 0 Å². The van der Waals surface area contributed by atoms with Crippen molar-refractivity contribution >= 4 is 11.9 Å². The number of aliphatic carboxylic acids is 1. The number of amides is 1. The van der Waals surface area contributed by atoms with Crippen LogP contribution in [0.15, 0.2) is 18.2 Å². The predicted octanol–water partition coefficient (Wildman–Crippen LogP) is 2.11. The minimum absolute atomic E-state index is 0.0661. The van der Waals surface area contributed by atoms with Gasteiger partial charge in [0, 0.05) is 26.6 Å². The molecule has 7 heteroatoms. The molecular formula is C18H24FNO5. The van der Waals surface area contributed by atoms with E-state index in [1.54, 1.807) is 17.0 Å². The molecule has 0 bridgehead atoms. The Morgan fingerprint density at radius 2 is 2.12 bits per heavy atom. The smallest absolute Gasteiger partial charge is 0.313 e. The molecule has 0 saturated carbocycles. The van der Waals surface area contributed by atoms with E-state index in [0.29, 0.717) is 24.9 Å². The first-order valence-electron chi connectivity index (χ1n) is 8.25. The summed E-state index contributed by atoms with van der Waals surface area (Å²) in [6, 6.07) is 4.82. The lowest BCUT2D eigenvalue weighted by atomic mass is 9.80. The van der Waals surface area contributed by atoms with E-state index in [2.05, 4.69) is 0 Å². The number of methoxy groups -OCH3 is 2. The molecule has 1 aliphatic rings. The molecule has 1 fully saturated rings. The number of ether oxygens (including phenoxy) is 2. The van der Waals surface area contributed by atoms with Crippen molar-refractivity contribution in [3.05, 3.63) is 29.6 Å². The fourth-order valence-electron chi connectivity index (χ4n) is 3.28. The molecule has 1 heterocycles. The normalized spacial score (nSPS) is 20.4. The molecule has 1 aromatic rings. The Hall–Kier alpha value is -2.15. The zero-order chi connectivity index (χ0) is 18.4. The number of piperidine rings is 1. The molecular weight excluding hydrogens is 329 g/mol. The van der Waals surface area contributed by atoms with Gasteiger partial charge in [0.05, 0.1) is 13.7 Å². The summed E-state index contributed by atoms with van der Waals surface area (Å²) < 4.78 is 24.2. The van der Waals surface area contributed by atoms with E-state index in [1.165, 1.54) is 20.3 Å². The van der Waals surface area contributed by atoms with E-state index in [1.807, 2.05) is 0 Å². The number of likely N-dealkylation sites (tertiary alicyclic amines) is 1. The number of aryl methyl sites for hydroxylation is 1. The topological polar surface area (TPSA) is 76.1 Å². The molecule has 1 N–H and O–H groups in total. The van der Waals surface area contributed by atoms with Crippen molar-refractivity contribution in [2.75, 3.05) is 33.9 Å². The van der Waals surface area contributed by atoms with Gasteiger partial charge in [0.25, 0.3) is 0 Å². The minimum Gasteiger partial charge on any atom is -0.494 e. The maximum Gasteiger partial charge on any atom is 0.313 e. The number of hydrogen-bond donors (Lipinski definition) is 1. The highest BCUT2D eigenvalue weighted by Crippen LogP contribution is 2.31. The van der Waals surface area contributed by atoms with Gasteiger partial charge >= 0.3 is 5.97 Å². The van der Waals surface area contributed by atoms with E-state index in [9.17, 15) is 19.1 Å². The Bertz CT molecular complexity index is 632. The first-order valence-corrected chi connectivity index (χ1v) is 8.25. The van der Waals surface area contributed by atoms with Crippen LogP contribution in [0.25, 0.3) is 0 Å². The van der Waals surface area contributed by atoms with Crippen molar-refractivity contribution in [3.63, 3.8) is 0 Å². The van der Waals surface area contributed by atoms with Crippen LogP contribution in [0.4, 0.5) is 4.39 Å². The number of nitrogens with zero attached hydrogens (tertiary/aromatic N) is 1. The summed E-state index contributed by atoms with van der Waals surface area (Å²) in [6.45, 7) is 0.699. The zero-order valence-corrected chi connectivity index (χ0v) is 14.6. The molecule has 2 rings (SSSR count). The second kappa shape index (κ2) is 8.29. The Kier molecular flexibility index (Phi) is 6.36. The van der Waals surface area contributed by atoms with Crippen LogP contribution in [0.2, 0.25) is 0 Å². The summed E-state index contributed by atoms with van der Waals surface area (Å²) in [5, 5.41) is 9.54. The van der Waals surface area contributed by atoms with Crippen molar-refractivity contribution in [1.29, 1.82) is 0 Å². The first-order chi connectivity index (χ1) is 11.9. The molecule has 1 aromatic carbocycles. The van der Waals surface area contributed by atoms with Gasteiger partial charge in [0.15, 0.2) is 11.6 Å². The molecule has 1 atom stereocenters. The van der Waals surface area contributed by atoms with Gasteiger partial charge < -0.3 is 19.5 Å². The van der Waals surface area contributed by atoms with Crippen LogP contribution in [0.1, 0.15) is 24.8 Å². The average molecular weight is 353 g/mol. The summed E-state index contributed by atoms with van der Waals surface area (Å²) in [7, 11) is 2.85. The van der Waals surface area contributed by atoms with Gasteiger partial charge in [-0.1, -0.05) is 12.1 Å². The maximum atomic E-state index is 14.2. The second-order valence-electron chi connectivity index (χ2n) is 6.37. The van der Waals surface area contributed by atoms with Crippen LogP contribution in [0.3, 0.4) is 0 Å². The molecule has 138 valence electrons. The molecule has 0 radical (unpaired) electrons. The molecule has 25 heavy (non-hydrogen) atoms. The molecule has 6 nitrogen and oxygen atoms in total. The van der Waals surface area contributed by atoms with Crippen LogP contribution in [0.5, 0.6) is 5.75 Å². The highest BCUT2D eigenvalue weighted by Gasteiger charge is 2.43. The number of halogens is 1. The highest BCUT2D eigenvalue weighted by atomic mass is 19.1. The SMILES string of the molecule is COCC1(C(=O)O)CCCN(C(=O)CCc2cccc(OC)c2F)C1. The van der Waals surface area contributed by atoms with Gasteiger partial charge in [-0.05, 0) is 30.9 Å². The third-order valence-corrected chi connectivity index (χ3v) is 4.68. The third kappa shape index (κ3) is 4.28. The minimum atomic E-state index is -1.07. The second-order valence-corrected chi connectivity index (χ2v) is 6.37. The fraction of sp³-hybridized carbons (Fsp3) is 0.556. The van der Waals surface area contributed by atoms with Crippen molar-refractivity contribution in [2.45, 2.75) is 25.7 Å². The first kappa shape index (κ1) is 19.2. The Morgan fingerprint density at radius 1 is 1.36 bits per heavy atom. The Morgan fingerprint density at radius 3 is 2.76 bits per heavy atom. The number of hydrogen-bond acceptors (Lipinski definition) is 4. The van der Waals surface area contributed by atoms with Crippen molar-refractivity contribution in [1.82, 2.24) is 4.90 Å². The van der Waals surface area contributed by atoms with Gasteiger partial charge in [-0.2, -0.15) is 0 Å². The molecule has 0 aromatic heterocycles. The number of benzene rings is 1. The van der Waals surface area contributed by atoms with Crippen molar-refractivity contribution in [2.24, 2.45) is 5.41 Å². The Balaban J connectivity index is 2.02. The van der Waals surface area contributed by atoms with Gasteiger partial charge in [0.1, 0.15) is 5.41 Å². The third-order valence-electron chi connectivity index (χ3n) is 4.68. The molecule has 1 aliphatic heterocycles. The summed E-state index contributed by atoms with van der Waals surface area (Å²) >= 11 is 0. The van der Waals surface area contributed by atoms with E-state index in [0.717, 1.165) is 0 Å². The lowest BCUT2D eigenvalue weighted by molar-refractivity contribution is -0.159. The van der Waals surface area contributed by atoms with E-state index in [-0.39, 0.29) is 37.6 Å². The summed E-state index contributed by atoms with van der Waals surface area (Å²) in [4.78, 5) is 25.7. The molecule has 0 spiro atoms. The number of carboxylic acid groups (broad SMARTS) is 1. The maximum absolute atomic E-state index is 14.2. The lowest BCUT2D eigenvalue weighted by Crippen LogP contribution is -2.52. The fourth-order valence-corrected chi connectivity index (χ4v) is 3.28. The quantitative estimate of drug-likeness (QED) is 0.812. The summed E-state index contributed by atoms with van der Waals surface area (Å²) in [5.41, 5.74) is -0.657. The number of carbonyl (C=O) groups is 2. The number of rotatable bonds is 7. The van der Waals surface area contributed by atoms with E-state index < -0.39 is 17.2 Å². The van der Waals surface area contributed by atoms with Crippen molar-refractivity contribution in [3.8, 4) is 5.75 Å². The Labute approximate surface area is 146 Å². The molecule has 1 saturated heterocycles.